The Balaban J connectivity index is 2.22. The Bertz CT molecular complexity index is 402. The Labute approximate surface area is 126 Å². The van der Waals surface area contributed by atoms with E-state index in [1.807, 2.05) is 0 Å². The van der Waals surface area contributed by atoms with Crippen LogP contribution in [0.4, 0.5) is 0 Å². The summed E-state index contributed by atoms with van der Waals surface area (Å²) in [5.74, 6) is 0.159. The molecule has 0 fully saturated rings. The van der Waals surface area contributed by atoms with Crippen molar-refractivity contribution in [1.29, 1.82) is 0 Å². The largest absolute Gasteiger partial charge is 0.294 e. The molecule has 0 atom stereocenters. The van der Waals surface area contributed by atoms with E-state index in [0.29, 0.717) is 22.0 Å². The molecule has 106 valence electrons. The smallest absolute Gasteiger partial charge is 0.162 e. The molecule has 19 heavy (non-hydrogen) atoms. The molecule has 0 radical (unpaired) electrons. The fourth-order valence-corrected chi connectivity index (χ4v) is 2.35. The normalized spacial score (nSPS) is 10.7. The van der Waals surface area contributed by atoms with Gasteiger partial charge in [-0.2, -0.15) is 0 Å². The minimum Gasteiger partial charge on any atom is -0.294 e. The minimum atomic E-state index is 0.159. The second-order valence-electron chi connectivity index (χ2n) is 4.92. The number of rotatable bonds is 9. The van der Waals surface area contributed by atoms with E-state index < -0.39 is 0 Å². The Morgan fingerprint density at radius 2 is 1.58 bits per heavy atom. The monoisotopic (exact) mass is 300 g/mol. The molecule has 0 bridgehead atoms. The Hall–Kier alpha value is -0.530. The van der Waals surface area contributed by atoms with E-state index in [1.165, 1.54) is 32.1 Å². The maximum Gasteiger partial charge on any atom is 0.162 e. The van der Waals surface area contributed by atoms with Crippen LogP contribution < -0.4 is 0 Å². The van der Waals surface area contributed by atoms with Gasteiger partial charge in [-0.3, -0.25) is 4.79 Å². The lowest BCUT2D eigenvalue weighted by Gasteiger charge is -2.03. The van der Waals surface area contributed by atoms with Gasteiger partial charge < -0.3 is 0 Å². The van der Waals surface area contributed by atoms with Crippen LogP contribution in [0.1, 0.15) is 68.6 Å². The van der Waals surface area contributed by atoms with E-state index in [9.17, 15) is 4.79 Å². The molecule has 0 aliphatic heterocycles. The predicted octanol–water partition coefficient (Wildman–Crippen LogP) is 6.32. The number of hydrogen-bond acceptors (Lipinski definition) is 1. The summed E-state index contributed by atoms with van der Waals surface area (Å²) >= 11 is 11.7. The first-order chi connectivity index (χ1) is 9.15. The van der Waals surface area contributed by atoms with Gasteiger partial charge in [-0.1, -0.05) is 68.7 Å². The van der Waals surface area contributed by atoms with Crippen LogP contribution >= 0.6 is 23.2 Å². The average Bonchev–Trinajstić information content (AvgIpc) is 2.40. The van der Waals surface area contributed by atoms with Gasteiger partial charge in [0, 0.05) is 12.0 Å². The van der Waals surface area contributed by atoms with Gasteiger partial charge in [0.05, 0.1) is 10.0 Å². The molecule has 1 aromatic carbocycles. The van der Waals surface area contributed by atoms with Crippen molar-refractivity contribution in [2.45, 2.75) is 58.3 Å². The number of hydrogen-bond donors (Lipinski definition) is 0. The number of Topliss-reactive ketones (excluding diaryl/α,β-unsaturated/α-hetero) is 1. The molecule has 0 saturated heterocycles. The van der Waals surface area contributed by atoms with Gasteiger partial charge in [-0.25, -0.2) is 0 Å². The summed E-state index contributed by atoms with van der Waals surface area (Å²) in [7, 11) is 0. The van der Waals surface area contributed by atoms with Crippen LogP contribution in [0.2, 0.25) is 10.0 Å². The maximum atomic E-state index is 11.9. The van der Waals surface area contributed by atoms with Crippen LogP contribution in [0.15, 0.2) is 18.2 Å². The average molecular weight is 301 g/mol. The Morgan fingerprint density at radius 3 is 2.21 bits per heavy atom. The molecule has 0 N–H and O–H groups in total. The van der Waals surface area contributed by atoms with E-state index in [-0.39, 0.29) is 5.78 Å². The molecule has 0 aliphatic carbocycles. The second-order valence-corrected chi connectivity index (χ2v) is 5.74. The van der Waals surface area contributed by atoms with Crippen LogP contribution in [0.5, 0.6) is 0 Å². The number of halogens is 2. The third-order valence-corrected chi connectivity index (χ3v) is 3.99. The lowest BCUT2D eigenvalue weighted by Crippen LogP contribution is -1.98. The van der Waals surface area contributed by atoms with Crippen molar-refractivity contribution in [3.05, 3.63) is 33.8 Å². The lowest BCUT2D eigenvalue weighted by molar-refractivity contribution is 0.0979. The minimum absolute atomic E-state index is 0.159. The van der Waals surface area contributed by atoms with E-state index in [0.717, 1.165) is 12.8 Å². The summed E-state index contributed by atoms with van der Waals surface area (Å²) in [6.45, 7) is 2.22. The highest BCUT2D eigenvalue weighted by Crippen LogP contribution is 2.23. The van der Waals surface area contributed by atoms with Gasteiger partial charge in [-0.15, -0.1) is 0 Å². The lowest BCUT2D eigenvalue weighted by atomic mass is 10.0. The molecule has 0 saturated carbocycles. The van der Waals surface area contributed by atoms with E-state index in [2.05, 4.69) is 6.92 Å². The van der Waals surface area contributed by atoms with E-state index in [1.54, 1.807) is 18.2 Å². The first-order valence-electron chi connectivity index (χ1n) is 7.13. The molecule has 1 rings (SSSR count). The fourth-order valence-electron chi connectivity index (χ4n) is 2.06. The van der Waals surface area contributed by atoms with Crippen LogP contribution in [0.25, 0.3) is 0 Å². The Kier molecular flexibility index (Phi) is 8.16. The second kappa shape index (κ2) is 9.39. The van der Waals surface area contributed by atoms with E-state index >= 15 is 0 Å². The van der Waals surface area contributed by atoms with Gasteiger partial charge in [0.15, 0.2) is 5.78 Å². The van der Waals surface area contributed by atoms with Gasteiger partial charge in [-0.05, 0) is 24.6 Å². The molecule has 0 heterocycles. The van der Waals surface area contributed by atoms with Crippen LogP contribution in [-0.2, 0) is 0 Å². The summed E-state index contributed by atoms with van der Waals surface area (Å²) in [6, 6.07) is 5.09. The number of benzene rings is 1. The standard InChI is InChI=1S/C16H22Cl2O/c1-2-3-4-5-6-7-8-9-16(19)13-10-11-14(17)15(18)12-13/h10-12H,2-9H2,1H3. The quantitative estimate of drug-likeness (QED) is 0.385. The molecular formula is C16H22Cl2O. The third kappa shape index (κ3) is 6.44. The molecule has 0 spiro atoms. The van der Waals surface area contributed by atoms with Crippen molar-refractivity contribution in [3.8, 4) is 0 Å². The van der Waals surface area contributed by atoms with Gasteiger partial charge >= 0.3 is 0 Å². The number of unbranched alkanes of at least 4 members (excludes halogenated alkanes) is 6. The maximum absolute atomic E-state index is 11.9. The molecule has 1 aromatic rings. The molecule has 1 nitrogen and oxygen atoms in total. The molecule has 3 heteroatoms. The van der Waals surface area contributed by atoms with Crippen molar-refractivity contribution in [2.75, 3.05) is 0 Å². The zero-order chi connectivity index (χ0) is 14.1. The van der Waals surface area contributed by atoms with E-state index in [4.69, 9.17) is 23.2 Å². The highest BCUT2D eigenvalue weighted by atomic mass is 35.5. The molecular weight excluding hydrogens is 279 g/mol. The van der Waals surface area contributed by atoms with Crippen molar-refractivity contribution >= 4 is 29.0 Å². The fraction of sp³-hybridized carbons (Fsp3) is 0.562. The Morgan fingerprint density at radius 1 is 0.947 bits per heavy atom. The number of ketones is 1. The van der Waals surface area contributed by atoms with Gasteiger partial charge in [0.1, 0.15) is 0 Å². The van der Waals surface area contributed by atoms with Crippen molar-refractivity contribution in [2.24, 2.45) is 0 Å². The summed E-state index contributed by atoms with van der Waals surface area (Å²) in [4.78, 5) is 11.9. The number of carbonyl (C=O) groups excluding carboxylic acids is 1. The summed E-state index contributed by atoms with van der Waals surface area (Å²) in [6.07, 6.45) is 9.13. The van der Waals surface area contributed by atoms with Gasteiger partial charge in [0.25, 0.3) is 0 Å². The van der Waals surface area contributed by atoms with Crippen molar-refractivity contribution in [1.82, 2.24) is 0 Å². The van der Waals surface area contributed by atoms with Crippen molar-refractivity contribution in [3.63, 3.8) is 0 Å². The zero-order valence-corrected chi connectivity index (χ0v) is 13.1. The molecule has 0 amide bonds. The highest BCUT2D eigenvalue weighted by Gasteiger charge is 2.07. The highest BCUT2D eigenvalue weighted by molar-refractivity contribution is 6.42. The summed E-state index contributed by atoms with van der Waals surface area (Å²) in [5, 5.41) is 0.946. The summed E-state index contributed by atoms with van der Waals surface area (Å²) in [5.41, 5.74) is 0.667. The SMILES string of the molecule is CCCCCCCCCC(=O)c1ccc(Cl)c(Cl)c1. The van der Waals surface area contributed by atoms with Crippen LogP contribution in [0.3, 0.4) is 0 Å². The third-order valence-electron chi connectivity index (χ3n) is 3.25. The molecule has 0 aromatic heterocycles. The topological polar surface area (TPSA) is 17.1 Å². The number of carbonyl (C=O) groups is 1. The van der Waals surface area contributed by atoms with Crippen molar-refractivity contribution < 1.29 is 4.79 Å². The summed E-state index contributed by atoms with van der Waals surface area (Å²) < 4.78 is 0. The van der Waals surface area contributed by atoms with Crippen LogP contribution in [0, 0.1) is 0 Å². The zero-order valence-electron chi connectivity index (χ0n) is 11.6. The van der Waals surface area contributed by atoms with Crippen LogP contribution in [-0.4, -0.2) is 5.78 Å². The molecule has 0 unspecified atom stereocenters. The predicted molar refractivity (Wildman–Crippen MR) is 83.4 cm³/mol. The first kappa shape index (κ1) is 16.5. The van der Waals surface area contributed by atoms with Gasteiger partial charge in [0.2, 0.25) is 0 Å². The first-order valence-corrected chi connectivity index (χ1v) is 7.89. The molecule has 0 aliphatic rings.